The van der Waals surface area contributed by atoms with Gasteiger partial charge in [0.15, 0.2) is 5.82 Å². The number of hydrogen-bond acceptors (Lipinski definition) is 5. The van der Waals surface area contributed by atoms with Crippen LogP contribution in [-0.2, 0) is 13.6 Å². The highest BCUT2D eigenvalue weighted by Gasteiger charge is 2.18. The Morgan fingerprint density at radius 3 is 2.60 bits per heavy atom. The van der Waals surface area contributed by atoms with Crippen molar-refractivity contribution in [2.45, 2.75) is 39.8 Å². The van der Waals surface area contributed by atoms with Crippen LogP contribution in [0.15, 0.2) is 6.33 Å². The molecule has 0 radical (unpaired) electrons. The van der Waals surface area contributed by atoms with Crippen LogP contribution in [0, 0.1) is 18.3 Å². The second-order valence-corrected chi connectivity index (χ2v) is 5.74. The standard InChI is InChI=1S/C13H19N7/c1-9-10(7-16-13(2,3)4)12(19(5)17-9)20-8-15-11(6-14)18-20/h8,16H,7H2,1-5H3. The first-order chi connectivity index (χ1) is 9.31. The molecule has 2 heterocycles. The number of aromatic nitrogens is 5. The summed E-state index contributed by atoms with van der Waals surface area (Å²) in [4.78, 5) is 3.94. The van der Waals surface area contributed by atoms with Crippen LogP contribution in [0.5, 0.6) is 0 Å². The molecule has 0 aliphatic heterocycles. The Labute approximate surface area is 118 Å². The van der Waals surface area contributed by atoms with Gasteiger partial charge in [-0.05, 0) is 27.7 Å². The van der Waals surface area contributed by atoms with Crippen LogP contribution < -0.4 is 5.32 Å². The molecule has 0 amide bonds. The molecule has 2 rings (SSSR count). The molecule has 7 heteroatoms. The predicted molar refractivity (Wildman–Crippen MR) is 74.2 cm³/mol. The summed E-state index contributed by atoms with van der Waals surface area (Å²) in [6, 6.07) is 1.93. The van der Waals surface area contributed by atoms with E-state index in [0.717, 1.165) is 17.1 Å². The third-order valence-electron chi connectivity index (χ3n) is 2.92. The van der Waals surface area contributed by atoms with Gasteiger partial charge in [0.2, 0.25) is 0 Å². The third-order valence-corrected chi connectivity index (χ3v) is 2.92. The van der Waals surface area contributed by atoms with Crippen molar-refractivity contribution in [2.24, 2.45) is 7.05 Å². The van der Waals surface area contributed by atoms with Crippen LogP contribution in [0.2, 0.25) is 0 Å². The largest absolute Gasteiger partial charge is 0.308 e. The van der Waals surface area contributed by atoms with Gasteiger partial charge in [-0.3, -0.25) is 4.68 Å². The Hall–Kier alpha value is -2.20. The first kappa shape index (κ1) is 14.2. The highest BCUT2D eigenvalue weighted by atomic mass is 15.4. The number of nitrogens with zero attached hydrogens (tertiary/aromatic N) is 6. The molecule has 0 atom stereocenters. The number of rotatable bonds is 3. The summed E-state index contributed by atoms with van der Waals surface area (Å²) < 4.78 is 3.35. The molecule has 0 fully saturated rings. The average molecular weight is 273 g/mol. The lowest BCUT2D eigenvalue weighted by molar-refractivity contribution is 0.423. The number of aryl methyl sites for hydroxylation is 2. The van der Waals surface area contributed by atoms with Crippen molar-refractivity contribution in [3.8, 4) is 11.9 Å². The fourth-order valence-corrected chi connectivity index (χ4v) is 1.95. The number of nitriles is 1. The lowest BCUT2D eigenvalue weighted by atomic mass is 10.1. The summed E-state index contributed by atoms with van der Waals surface area (Å²) in [6.07, 6.45) is 1.54. The SMILES string of the molecule is Cc1nn(C)c(-n2cnc(C#N)n2)c1CNC(C)(C)C. The molecular formula is C13H19N7. The summed E-state index contributed by atoms with van der Waals surface area (Å²) >= 11 is 0. The Balaban J connectivity index is 2.40. The van der Waals surface area contributed by atoms with E-state index in [1.54, 1.807) is 9.36 Å². The first-order valence-electron chi connectivity index (χ1n) is 6.41. The summed E-state index contributed by atoms with van der Waals surface area (Å²) in [6.45, 7) is 8.98. The molecule has 0 saturated heterocycles. The molecule has 20 heavy (non-hydrogen) atoms. The molecule has 7 nitrogen and oxygen atoms in total. The van der Waals surface area contributed by atoms with Gasteiger partial charge in [0, 0.05) is 24.7 Å². The van der Waals surface area contributed by atoms with E-state index in [-0.39, 0.29) is 11.4 Å². The van der Waals surface area contributed by atoms with Crippen LogP contribution in [0.4, 0.5) is 0 Å². The minimum absolute atomic E-state index is 0.0136. The Morgan fingerprint density at radius 2 is 2.05 bits per heavy atom. The van der Waals surface area contributed by atoms with Gasteiger partial charge in [-0.15, -0.1) is 5.10 Å². The minimum Gasteiger partial charge on any atom is -0.308 e. The van der Waals surface area contributed by atoms with E-state index < -0.39 is 0 Å². The van der Waals surface area contributed by atoms with Gasteiger partial charge in [-0.2, -0.15) is 10.4 Å². The van der Waals surface area contributed by atoms with Gasteiger partial charge in [-0.25, -0.2) is 9.67 Å². The van der Waals surface area contributed by atoms with Gasteiger partial charge >= 0.3 is 0 Å². The number of nitrogens with one attached hydrogen (secondary N) is 1. The van der Waals surface area contributed by atoms with Crippen LogP contribution in [0.25, 0.3) is 5.82 Å². The summed E-state index contributed by atoms with van der Waals surface area (Å²) in [7, 11) is 1.86. The quantitative estimate of drug-likeness (QED) is 0.904. The van der Waals surface area contributed by atoms with Crippen molar-refractivity contribution >= 4 is 0 Å². The molecule has 2 aromatic rings. The van der Waals surface area contributed by atoms with Gasteiger partial charge in [0.05, 0.1) is 5.69 Å². The Bertz CT molecular complexity index is 651. The third kappa shape index (κ3) is 2.86. The molecule has 0 spiro atoms. The predicted octanol–water partition coefficient (Wildman–Crippen LogP) is 1.07. The second kappa shape index (κ2) is 5.06. The van der Waals surface area contributed by atoms with Crippen molar-refractivity contribution < 1.29 is 0 Å². The maximum atomic E-state index is 8.83. The van der Waals surface area contributed by atoms with E-state index in [9.17, 15) is 0 Å². The lowest BCUT2D eigenvalue weighted by Crippen LogP contribution is -2.35. The normalized spacial score (nSPS) is 11.6. The molecule has 0 unspecified atom stereocenters. The first-order valence-corrected chi connectivity index (χ1v) is 6.41. The van der Waals surface area contributed by atoms with Crippen molar-refractivity contribution in [2.75, 3.05) is 0 Å². The van der Waals surface area contributed by atoms with E-state index in [4.69, 9.17) is 5.26 Å². The fraction of sp³-hybridized carbons (Fsp3) is 0.538. The van der Waals surface area contributed by atoms with Crippen molar-refractivity contribution in [3.05, 3.63) is 23.4 Å². The van der Waals surface area contributed by atoms with Crippen LogP contribution in [0.3, 0.4) is 0 Å². The molecular weight excluding hydrogens is 254 g/mol. The molecule has 106 valence electrons. The zero-order valence-electron chi connectivity index (χ0n) is 12.5. The Morgan fingerprint density at radius 1 is 1.35 bits per heavy atom. The summed E-state index contributed by atoms with van der Waals surface area (Å²) in [5.41, 5.74) is 2.00. The zero-order chi connectivity index (χ0) is 14.9. The van der Waals surface area contributed by atoms with Crippen LogP contribution >= 0.6 is 0 Å². The van der Waals surface area contributed by atoms with Gasteiger partial charge < -0.3 is 5.32 Å². The molecule has 0 aromatic carbocycles. The van der Waals surface area contributed by atoms with E-state index >= 15 is 0 Å². The molecule has 1 N–H and O–H groups in total. The average Bonchev–Trinajstić information content (AvgIpc) is 2.90. The van der Waals surface area contributed by atoms with Crippen molar-refractivity contribution in [1.29, 1.82) is 5.26 Å². The molecule has 0 saturated carbocycles. The highest BCUT2D eigenvalue weighted by Crippen LogP contribution is 2.18. The van der Waals surface area contributed by atoms with Crippen LogP contribution in [-0.4, -0.2) is 30.1 Å². The van der Waals surface area contributed by atoms with Crippen molar-refractivity contribution in [1.82, 2.24) is 29.9 Å². The van der Waals surface area contributed by atoms with E-state index in [1.807, 2.05) is 20.0 Å². The minimum atomic E-state index is 0.0136. The van der Waals surface area contributed by atoms with Gasteiger partial charge in [-0.1, -0.05) is 0 Å². The fourth-order valence-electron chi connectivity index (χ4n) is 1.95. The van der Waals surface area contributed by atoms with E-state index in [0.29, 0.717) is 6.54 Å². The summed E-state index contributed by atoms with van der Waals surface area (Å²) in [5.74, 6) is 0.979. The van der Waals surface area contributed by atoms with E-state index in [1.165, 1.54) is 6.33 Å². The molecule has 0 bridgehead atoms. The smallest absolute Gasteiger partial charge is 0.252 e. The van der Waals surface area contributed by atoms with E-state index in [2.05, 4.69) is 41.3 Å². The summed E-state index contributed by atoms with van der Waals surface area (Å²) in [5, 5.41) is 20.8. The van der Waals surface area contributed by atoms with Gasteiger partial charge in [0.1, 0.15) is 12.4 Å². The highest BCUT2D eigenvalue weighted by molar-refractivity contribution is 5.37. The zero-order valence-corrected chi connectivity index (χ0v) is 12.5. The van der Waals surface area contributed by atoms with Gasteiger partial charge in [0.25, 0.3) is 5.82 Å². The molecule has 0 aliphatic carbocycles. The van der Waals surface area contributed by atoms with Crippen LogP contribution in [0.1, 0.15) is 37.9 Å². The maximum Gasteiger partial charge on any atom is 0.252 e. The Kier molecular flexibility index (Phi) is 3.59. The molecule has 0 aliphatic rings. The molecule has 2 aromatic heterocycles. The maximum absolute atomic E-state index is 8.83. The second-order valence-electron chi connectivity index (χ2n) is 5.74. The number of hydrogen-bond donors (Lipinski definition) is 1. The monoisotopic (exact) mass is 273 g/mol. The topological polar surface area (TPSA) is 84.3 Å². The van der Waals surface area contributed by atoms with Crippen molar-refractivity contribution in [3.63, 3.8) is 0 Å². The lowest BCUT2D eigenvalue weighted by Gasteiger charge is -2.20.